The number of hydrogen-bond acceptors (Lipinski definition) is 2. The number of ketones is 1. The van der Waals surface area contributed by atoms with Crippen LogP contribution in [0, 0.1) is 5.92 Å². The first-order valence-electron chi connectivity index (χ1n) is 5.18. The van der Waals surface area contributed by atoms with E-state index in [1.54, 1.807) is 0 Å². The van der Waals surface area contributed by atoms with E-state index in [-0.39, 0.29) is 15.8 Å². The van der Waals surface area contributed by atoms with Gasteiger partial charge in [-0.05, 0) is 41.1 Å². The third kappa shape index (κ3) is 2.02. The smallest absolute Gasteiger partial charge is 0.174 e. The molecule has 1 heterocycles. The lowest BCUT2D eigenvalue weighted by Gasteiger charge is -2.28. The Labute approximate surface area is 103 Å². The second-order valence-corrected chi connectivity index (χ2v) is 4.95. The Kier molecular flexibility index (Phi) is 3.29. The number of rotatable bonds is 2. The fourth-order valence-electron chi connectivity index (χ4n) is 1.87. The van der Waals surface area contributed by atoms with Gasteiger partial charge in [0.05, 0.1) is 11.5 Å². The standard InChI is InChI=1S/C12H13IO2/c1-2-5-9-11(14)8-6-3-4-7-10(8)15-12(9)13/h3-4,6-7,9,12H,2,5H2,1H3. The fourth-order valence-corrected chi connectivity index (χ4v) is 2.83. The topological polar surface area (TPSA) is 26.3 Å². The molecule has 15 heavy (non-hydrogen) atoms. The third-order valence-electron chi connectivity index (χ3n) is 2.64. The lowest BCUT2D eigenvalue weighted by atomic mass is 9.92. The number of alkyl halides is 1. The number of carbonyl (C=O) groups is 1. The Morgan fingerprint density at radius 3 is 2.87 bits per heavy atom. The second kappa shape index (κ2) is 4.51. The molecule has 1 aromatic rings. The van der Waals surface area contributed by atoms with E-state index in [4.69, 9.17) is 4.74 Å². The molecule has 0 bridgehead atoms. The van der Waals surface area contributed by atoms with Crippen LogP contribution in [0.5, 0.6) is 5.75 Å². The van der Waals surface area contributed by atoms with Gasteiger partial charge >= 0.3 is 0 Å². The van der Waals surface area contributed by atoms with Crippen molar-refractivity contribution in [1.82, 2.24) is 0 Å². The summed E-state index contributed by atoms with van der Waals surface area (Å²) in [5, 5.41) is 0. The molecule has 1 aromatic carbocycles. The molecule has 1 aliphatic rings. The zero-order chi connectivity index (χ0) is 10.8. The molecule has 0 amide bonds. The summed E-state index contributed by atoms with van der Waals surface area (Å²) < 4.78 is 5.71. The highest BCUT2D eigenvalue weighted by molar-refractivity contribution is 14.1. The van der Waals surface area contributed by atoms with Gasteiger partial charge in [-0.3, -0.25) is 4.79 Å². The van der Waals surface area contributed by atoms with Crippen LogP contribution in [0.2, 0.25) is 0 Å². The zero-order valence-corrected chi connectivity index (χ0v) is 10.7. The van der Waals surface area contributed by atoms with E-state index in [0.717, 1.165) is 24.2 Å². The van der Waals surface area contributed by atoms with Gasteiger partial charge in [0.25, 0.3) is 0 Å². The van der Waals surface area contributed by atoms with Gasteiger partial charge in [-0.2, -0.15) is 0 Å². The summed E-state index contributed by atoms with van der Waals surface area (Å²) in [6.45, 7) is 2.09. The van der Waals surface area contributed by atoms with E-state index in [2.05, 4.69) is 29.5 Å². The molecular weight excluding hydrogens is 303 g/mol. The third-order valence-corrected chi connectivity index (χ3v) is 3.77. The van der Waals surface area contributed by atoms with E-state index in [0.29, 0.717) is 0 Å². The fraction of sp³-hybridized carbons (Fsp3) is 0.417. The molecule has 0 N–H and O–H groups in total. The van der Waals surface area contributed by atoms with Crippen LogP contribution >= 0.6 is 22.6 Å². The largest absolute Gasteiger partial charge is 0.479 e. The van der Waals surface area contributed by atoms with Gasteiger partial charge in [0.15, 0.2) is 9.89 Å². The summed E-state index contributed by atoms with van der Waals surface area (Å²) in [6.07, 6.45) is 1.92. The lowest BCUT2D eigenvalue weighted by molar-refractivity contribution is 0.0801. The summed E-state index contributed by atoms with van der Waals surface area (Å²) in [6, 6.07) is 7.50. The molecule has 2 unspecified atom stereocenters. The normalized spacial score (nSPS) is 24.5. The predicted molar refractivity (Wildman–Crippen MR) is 67.6 cm³/mol. The van der Waals surface area contributed by atoms with Gasteiger partial charge in [0.1, 0.15) is 5.75 Å². The van der Waals surface area contributed by atoms with Crippen molar-refractivity contribution >= 4 is 28.4 Å². The molecule has 2 atom stereocenters. The summed E-state index contributed by atoms with van der Waals surface area (Å²) in [5.74, 6) is 0.984. The Morgan fingerprint density at radius 1 is 1.40 bits per heavy atom. The van der Waals surface area contributed by atoms with Crippen LogP contribution in [-0.2, 0) is 0 Å². The molecule has 3 heteroatoms. The number of fused-ring (bicyclic) bond motifs is 1. The van der Waals surface area contributed by atoms with Crippen LogP contribution in [0.15, 0.2) is 24.3 Å². The van der Waals surface area contributed by atoms with Crippen LogP contribution in [0.1, 0.15) is 30.1 Å². The number of para-hydroxylation sites is 1. The first kappa shape index (κ1) is 10.9. The van der Waals surface area contributed by atoms with Crippen LogP contribution in [0.25, 0.3) is 0 Å². The van der Waals surface area contributed by atoms with E-state index in [9.17, 15) is 4.79 Å². The number of carbonyl (C=O) groups excluding carboxylic acids is 1. The van der Waals surface area contributed by atoms with Gasteiger partial charge in [-0.15, -0.1) is 0 Å². The molecule has 0 fully saturated rings. The van der Waals surface area contributed by atoms with E-state index < -0.39 is 0 Å². The Morgan fingerprint density at radius 2 is 2.13 bits per heavy atom. The van der Waals surface area contributed by atoms with Crippen molar-refractivity contribution in [3.8, 4) is 5.75 Å². The Bertz CT molecular complexity index is 376. The van der Waals surface area contributed by atoms with Gasteiger partial charge in [0.2, 0.25) is 0 Å². The van der Waals surface area contributed by atoms with Crippen LogP contribution in [0.4, 0.5) is 0 Å². The maximum absolute atomic E-state index is 12.1. The van der Waals surface area contributed by atoms with E-state index >= 15 is 0 Å². The highest BCUT2D eigenvalue weighted by atomic mass is 127. The van der Waals surface area contributed by atoms with Gasteiger partial charge in [-0.1, -0.05) is 25.5 Å². The van der Waals surface area contributed by atoms with Gasteiger partial charge in [0, 0.05) is 0 Å². The summed E-state index contributed by atoms with van der Waals surface area (Å²) >= 11 is 2.21. The highest BCUT2D eigenvalue weighted by Crippen LogP contribution is 2.35. The maximum Gasteiger partial charge on any atom is 0.174 e. The van der Waals surface area contributed by atoms with Crippen molar-refractivity contribution in [2.45, 2.75) is 23.9 Å². The first-order chi connectivity index (χ1) is 7.24. The van der Waals surface area contributed by atoms with Crippen molar-refractivity contribution in [2.24, 2.45) is 5.92 Å². The Balaban J connectivity index is 2.34. The highest BCUT2D eigenvalue weighted by Gasteiger charge is 2.34. The number of Topliss-reactive ketones (excluding diaryl/α,β-unsaturated/α-hetero) is 1. The van der Waals surface area contributed by atoms with Gasteiger partial charge in [-0.25, -0.2) is 0 Å². The number of benzene rings is 1. The molecule has 0 aromatic heterocycles. The number of halogens is 1. The first-order valence-corrected chi connectivity index (χ1v) is 6.42. The molecule has 80 valence electrons. The average Bonchev–Trinajstić information content (AvgIpc) is 2.24. The molecular formula is C12H13IO2. The molecule has 1 aliphatic heterocycles. The minimum Gasteiger partial charge on any atom is -0.479 e. The molecule has 0 saturated carbocycles. The molecule has 0 spiro atoms. The second-order valence-electron chi connectivity index (χ2n) is 3.72. The average molecular weight is 316 g/mol. The van der Waals surface area contributed by atoms with Crippen molar-refractivity contribution < 1.29 is 9.53 Å². The number of ether oxygens (including phenoxy) is 1. The summed E-state index contributed by atoms with van der Waals surface area (Å²) in [4.78, 5) is 12.1. The summed E-state index contributed by atoms with van der Waals surface area (Å²) in [5.41, 5.74) is 0.740. The quantitative estimate of drug-likeness (QED) is 0.617. The van der Waals surface area contributed by atoms with Gasteiger partial charge < -0.3 is 4.74 Å². The van der Waals surface area contributed by atoms with Crippen molar-refractivity contribution in [1.29, 1.82) is 0 Å². The summed E-state index contributed by atoms with van der Waals surface area (Å²) in [7, 11) is 0. The predicted octanol–water partition coefficient (Wildman–Crippen LogP) is 3.44. The van der Waals surface area contributed by atoms with E-state index in [1.165, 1.54) is 0 Å². The van der Waals surface area contributed by atoms with Crippen molar-refractivity contribution in [3.05, 3.63) is 29.8 Å². The lowest BCUT2D eigenvalue weighted by Crippen LogP contribution is -2.33. The zero-order valence-electron chi connectivity index (χ0n) is 8.57. The van der Waals surface area contributed by atoms with Crippen molar-refractivity contribution in [3.63, 3.8) is 0 Å². The minimum atomic E-state index is -0.0232. The van der Waals surface area contributed by atoms with Crippen LogP contribution in [0.3, 0.4) is 0 Å². The Hall–Kier alpha value is -0.580. The van der Waals surface area contributed by atoms with Crippen LogP contribution < -0.4 is 4.74 Å². The minimum absolute atomic E-state index is 0.0190. The molecule has 0 radical (unpaired) electrons. The van der Waals surface area contributed by atoms with E-state index in [1.807, 2.05) is 24.3 Å². The van der Waals surface area contributed by atoms with Crippen LogP contribution in [-0.4, -0.2) is 9.89 Å². The maximum atomic E-state index is 12.1. The monoisotopic (exact) mass is 316 g/mol. The molecule has 2 rings (SSSR count). The molecule has 2 nitrogen and oxygen atoms in total. The SMILES string of the molecule is CCCC1C(=O)c2ccccc2OC1I. The molecule has 0 saturated heterocycles. The molecule has 0 aliphatic carbocycles. The number of hydrogen-bond donors (Lipinski definition) is 0. The van der Waals surface area contributed by atoms with Crippen molar-refractivity contribution in [2.75, 3.05) is 0 Å².